The fourth-order valence-corrected chi connectivity index (χ4v) is 3.88. The molecule has 7 heteroatoms. The van der Waals surface area contributed by atoms with Crippen LogP contribution in [-0.2, 0) is 18.3 Å². The number of hydrogen-bond acceptors (Lipinski definition) is 5. The Kier molecular flexibility index (Phi) is 5.08. The van der Waals surface area contributed by atoms with Gasteiger partial charge in [-0.05, 0) is 18.9 Å². The fourth-order valence-electron chi connectivity index (χ4n) is 3.88. The van der Waals surface area contributed by atoms with Crippen molar-refractivity contribution in [2.24, 2.45) is 7.05 Å². The number of aromatic nitrogens is 2. The third kappa shape index (κ3) is 3.68. The number of piperidine rings is 1. The molecule has 2 aromatic rings. The topological polar surface area (TPSA) is 63.7 Å². The highest BCUT2D eigenvalue weighted by Gasteiger charge is 2.28. The zero-order valence-electron chi connectivity index (χ0n) is 15.3. The van der Waals surface area contributed by atoms with E-state index >= 15 is 0 Å². The molecule has 2 aromatic heterocycles. The molecule has 0 radical (unpaired) electrons. The number of ether oxygens (including phenoxy) is 1. The molecular formula is C19H26N4O3. The van der Waals surface area contributed by atoms with E-state index in [1.807, 2.05) is 30.4 Å². The second kappa shape index (κ2) is 7.63. The maximum absolute atomic E-state index is 12.9. The van der Waals surface area contributed by atoms with E-state index in [0.717, 1.165) is 63.8 Å². The number of nitrogens with zero attached hydrogens (tertiary/aromatic N) is 4. The van der Waals surface area contributed by atoms with Gasteiger partial charge in [0.15, 0.2) is 0 Å². The van der Waals surface area contributed by atoms with Crippen molar-refractivity contribution in [2.75, 3.05) is 39.4 Å². The number of morpholine rings is 1. The zero-order chi connectivity index (χ0) is 17.9. The predicted octanol–water partition coefficient (Wildman–Crippen LogP) is 1.87. The summed E-state index contributed by atoms with van der Waals surface area (Å²) in [4.78, 5) is 21.6. The van der Waals surface area contributed by atoms with Crippen LogP contribution in [0.2, 0.25) is 0 Å². The van der Waals surface area contributed by atoms with Crippen LogP contribution >= 0.6 is 0 Å². The Balaban J connectivity index is 1.40. The van der Waals surface area contributed by atoms with Crippen molar-refractivity contribution in [3.8, 4) is 0 Å². The van der Waals surface area contributed by atoms with E-state index < -0.39 is 0 Å². The lowest BCUT2D eigenvalue weighted by Gasteiger charge is -2.32. The van der Waals surface area contributed by atoms with E-state index in [4.69, 9.17) is 9.15 Å². The summed E-state index contributed by atoms with van der Waals surface area (Å²) in [5.74, 6) is 2.25. The molecule has 0 aliphatic carbocycles. The van der Waals surface area contributed by atoms with Crippen molar-refractivity contribution in [3.05, 3.63) is 41.9 Å². The summed E-state index contributed by atoms with van der Waals surface area (Å²) in [7, 11) is 2.01. The number of aryl methyl sites for hydroxylation is 1. The van der Waals surface area contributed by atoms with Gasteiger partial charge in [0.05, 0.1) is 25.3 Å². The molecule has 0 saturated carbocycles. The number of likely N-dealkylation sites (tertiary alicyclic amines) is 1. The highest BCUT2D eigenvalue weighted by Crippen LogP contribution is 2.26. The molecule has 2 aliphatic rings. The quantitative estimate of drug-likeness (QED) is 0.835. The van der Waals surface area contributed by atoms with E-state index in [9.17, 15) is 4.79 Å². The van der Waals surface area contributed by atoms with E-state index in [1.54, 1.807) is 6.26 Å². The number of carbonyl (C=O) groups excluding carboxylic acids is 1. The molecule has 1 atom stereocenters. The third-order valence-electron chi connectivity index (χ3n) is 5.32. The summed E-state index contributed by atoms with van der Waals surface area (Å²) in [6.45, 7) is 5.57. The number of carbonyl (C=O) groups is 1. The lowest BCUT2D eigenvalue weighted by atomic mass is 9.96. The molecule has 2 aliphatic heterocycles. The van der Waals surface area contributed by atoms with E-state index in [0.29, 0.717) is 18.0 Å². The highest BCUT2D eigenvalue weighted by molar-refractivity contribution is 5.94. The molecule has 0 spiro atoms. The zero-order valence-corrected chi connectivity index (χ0v) is 15.3. The minimum Gasteiger partial charge on any atom is -0.467 e. The van der Waals surface area contributed by atoms with Gasteiger partial charge < -0.3 is 18.6 Å². The molecule has 0 bridgehead atoms. The fraction of sp³-hybridized carbons (Fsp3) is 0.579. The first-order chi connectivity index (χ1) is 12.7. The number of rotatable bonds is 4. The van der Waals surface area contributed by atoms with Gasteiger partial charge in [0.2, 0.25) is 0 Å². The number of imidazole rings is 1. The molecule has 0 N–H and O–H groups in total. The van der Waals surface area contributed by atoms with Gasteiger partial charge in [-0.3, -0.25) is 9.69 Å². The van der Waals surface area contributed by atoms with Crippen LogP contribution in [0.4, 0.5) is 0 Å². The van der Waals surface area contributed by atoms with Crippen LogP contribution in [0.15, 0.2) is 29.1 Å². The molecule has 0 aromatic carbocycles. The van der Waals surface area contributed by atoms with Crippen LogP contribution in [0.1, 0.15) is 40.7 Å². The first-order valence-electron chi connectivity index (χ1n) is 9.34. The van der Waals surface area contributed by atoms with E-state index in [1.165, 1.54) is 0 Å². The first-order valence-corrected chi connectivity index (χ1v) is 9.34. The van der Waals surface area contributed by atoms with E-state index in [-0.39, 0.29) is 5.91 Å². The summed E-state index contributed by atoms with van der Waals surface area (Å²) in [5.41, 5.74) is 0.647. The SMILES string of the molecule is Cn1ccnc1[C@@H]1CCCN(C(=O)c2coc(CN3CCOCC3)c2)C1. The lowest BCUT2D eigenvalue weighted by molar-refractivity contribution is 0.0313. The van der Waals surface area contributed by atoms with Crippen molar-refractivity contribution in [2.45, 2.75) is 25.3 Å². The summed E-state index contributed by atoms with van der Waals surface area (Å²) in [5, 5.41) is 0. The van der Waals surface area contributed by atoms with Gasteiger partial charge in [-0.25, -0.2) is 4.98 Å². The Morgan fingerprint density at radius 2 is 2.15 bits per heavy atom. The molecule has 4 heterocycles. The Labute approximate surface area is 153 Å². The van der Waals surface area contributed by atoms with Gasteiger partial charge in [0.25, 0.3) is 5.91 Å². The summed E-state index contributed by atoms with van der Waals surface area (Å²) in [6, 6.07) is 1.89. The van der Waals surface area contributed by atoms with Gasteiger partial charge in [-0.1, -0.05) is 0 Å². The lowest BCUT2D eigenvalue weighted by Crippen LogP contribution is -2.39. The van der Waals surface area contributed by atoms with Gasteiger partial charge >= 0.3 is 0 Å². The van der Waals surface area contributed by atoms with Crippen molar-refractivity contribution in [1.82, 2.24) is 19.4 Å². The number of hydrogen-bond donors (Lipinski definition) is 0. The molecule has 2 saturated heterocycles. The number of furan rings is 1. The normalized spacial score (nSPS) is 21.9. The number of amides is 1. The van der Waals surface area contributed by atoms with E-state index in [2.05, 4.69) is 14.5 Å². The summed E-state index contributed by atoms with van der Waals surface area (Å²) < 4.78 is 13.1. The average Bonchev–Trinajstić information content (AvgIpc) is 3.31. The van der Waals surface area contributed by atoms with Crippen LogP contribution in [0.25, 0.3) is 0 Å². The minimum absolute atomic E-state index is 0.0564. The monoisotopic (exact) mass is 358 g/mol. The Morgan fingerprint density at radius 3 is 2.92 bits per heavy atom. The maximum atomic E-state index is 12.9. The van der Waals surface area contributed by atoms with Crippen LogP contribution in [0, 0.1) is 0 Å². The van der Waals surface area contributed by atoms with Gasteiger partial charge in [-0.2, -0.15) is 0 Å². The molecule has 26 heavy (non-hydrogen) atoms. The minimum atomic E-state index is 0.0564. The van der Waals surface area contributed by atoms with Crippen molar-refractivity contribution in [3.63, 3.8) is 0 Å². The van der Waals surface area contributed by atoms with Gasteiger partial charge in [0, 0.05) is 51.5 Å². The largest absolute Gasteiger partial charge is 0.467 e. The molecule has 1 amide bonds. The smallest absolute Gasteiger partial charge is 0.257 e. The van der Waals surface area contributed by atoms with Crippen molar-refractivity contribution in [1.29, 1.82) is 0 Å². The van der Waals surface area contributed by atoms with Gasteiger partial charge in [-0.15, -0.1) is 0 Å². The second-order valence-corrected chi connectivity index (χ2v) is 7.18. The third-order valence-corrected chi connectivity index (χ3v) is 5.32. The molecule has 140 valence electrons. The molecule has 2 fully saturated rings. The Bertz CT molecular complexity index is 748. The van der Waals surface area contributed by atoms with Crippen molar-refractivity contribution >= 4 is 5.91 Å². The Morgan fingerprint density at radius 1 is 1.31 bits per heavy atom. The maximum Gasteiger partial charge on any atom is 0.257 e. The van der Waals surface area contributed by atoms with Gasteiger partial charge in [0.1, 0.15) is 17.8 Å². The first kappa shape index (κ1) is 17.3. The molecular weight excluding hydrogens is 332 g/mol. The summed E-state index contributed by atoms with van der Waals surface area (Å²) in [6.07, 6.45) is 7.46. The molecule has 0 unspecified atom stereocenters. The van der Waals surface area contributed by atoms with Crippen LogP contribution in [0.3, 0.4) is 0 Å². The van der Waals surface area contributed by atoms with Crippen LogP contribution < -0.4 is 0 Å². The van der Waals surface area contributed by atoms with Crippen molar-refractivity contribution < 1.29 is 13.9 Å². The molecule has 7 nitrogen and oxygen atoms in total. The molecule has 4 rings (SSSR count). The van der Waals surface area contributed by atoms with Crippen LogP contribution in [-0.4, -0.2) is 64.7 Å². The second-order valence-electron chi connectivity index (χ2n) is 7.18. The standard InChI is InChI=1S/C19H26N4O3/c1-21-6-4-20-18(21)15-3-2-5-23(12-15)19(24)16-11-17(26-14-16)13-22-7-9-25-10-8-22/h4,6,11,14-15H,2-3,5,7-10,12-13H2,1H3/t15-/m1/s1. The average molecular weight is 358 g/mol. The Hall–Kier alpha value is -2.12. The summed E-state index contributed by atoms with van der Waals surface area (Å²) >= 11 is 0. The predicted molar refractivity (Wildman–Crippen MR) is 95.9 cm³/mol. The van der Waals surface area contributed by atoms with Crippen LogP contribution in [0.5, 0.6) is 0 Å². The highest BCUT2D eigenvalue weighted by atomic mass is 16.5.